The van der Waals surface area contributed by atoms with Gasteiger partial charge in [-0.15, -0.1) is 0 Å². The number of rotatable bonds is 2. The van der Waals surface area contributed by atoms with Gasteiger partial charge in [0.2, 0.25) is 0 Å². The van der Waals surface area contributed by atoms with Gasteiger partial charge in [-0.05, 0) is 31.5 Å². The number of ether oxygens (including phenoxy) is 1. The number of aromatic nitrogens is 2. The van der Waals surface area contributed by atoms with Crippen LogP contribution in [0.1, 0.15) is 24.6 Å². The topological polar surface area (TPSA) is 38.6 Å². The Bertz CT molecular complexity index is 500. The van der Waals surface area contributed by atoms with Crippen LogP contribution >= 0.6 is 0 Å². The number of nitrogens with one attached hydrogen (secondary N) is 1. The van der Waals surface area contributed by atoms with E-state index in [0.29, 0.717) is 6.04 Å². The molecule has 0 bridgehead atoms. The third kappa shape index (κ3) is 1.46. The van der Waals surface area contributed by atoms with E-state index in [1.54, 1.807) is 7.11 Å². The fraction of sp³-hybridized carbons (Fsp3) is 0.417. The molecular formula is C12H15N3O. The number of pyridine rings is 1. The molecule has 1 aliphatic rings. The van der Waals surface area contributed by atoms with E-state index in [1.165, 1.54) is 12.8 Å². The minimum Gasteiger partial charge on any atom is -0.482 e. The molecule has 1 saturated heterocycles. The Balaban J connectivity index is 2.07. The maximum Gasteiger partial charge on any atom is 0.198 e. The van der Waals surface area contributed by atoms with Gasteiger partial charge in [-0.1, -0.05) is 6.07 Å². The molecule has 3 rings (SSSR count). The Kier molecular flexibility index (Phi) is 2.29. The second-order valence-corrected chi connectivity index (χ2v) is 4.11. The Labute approximate surface area is 94.3 Å². The molecule has 0 saturated carbocycles. The number of nitrogens with zero attached hydrogens (tertiary/aromatic N) is 2. The molecule has 3 heterocycles. The van der Waals surface area contributed by atoms with Crippen molar-refractivity contribution in [1.29, 1.82) is 0 Å². The predicted molar refractivity (Wildman–Crippen MR) is 61.7 cm³/mol. The van der Waals surface area contributed by atoms with Crippen LogP contribution in [0.4, 0.5) is 0 Å². The summed E-state index contributed by atoms with van der Waals surface area (Å²) in [4.78, 5) is 4.62. The summed E-state index contributed by atoms with van der Waals surface area (Å²) in [6.45, 7) is 1.09. The van der Waals surface area contributed by atoms with Crippen LogP contribution < -0.4 is 10.1 Å². The minimum atomic E-state index is 0.407. The molecule has 0 spiro atoms. The van der Waals surface area contributed by atoms with Crippen molar-refractivity contribution in [3.63, 3.8) is 0 Å². The molecule has 84 valence electrons. The Hall–Kier alpha value is -1.55. The van der Waals surface area contributed by atoms with Gasteiger partial charge in [0.05, 0.1) is 18.8 Å². The lowest BCUT2D eigenvalue weighted by molar-refractivity contribution is 0.392. The third-order valence-corrected chi connectivity index (χ3v) is 3.10. The lowest BCUT2D eigenvalue weighted by Crippen LogP contribution is -2.12. The normalized spacial score (nSPS) is 20.4. The van der Waals surface area contributed by atoms with Gasteiger partial charge in [-0.3, -0.25) is 4.40 Å². The highest BCUT2D eigenvalue weighted by Gasteiger charge is 2.19. The fourth-order valence-corrected chi connectivity index (χ4v) is 2.28. The predicted octanol–water partition coefficient (Wildman–Crippen LogP) is 1.77. The van der Waals surface area contributed by atoms with Crippen LogP contribution in [0.25, 0.3) is 5.65 Å². The van der Waals surface area contributed by atoms with Gasteiger partial charge in [-0.2, -0.15) is 0 Å². The van der Waals surface area contributed by atoms with Crippen molar-refractivity contribution in [1.82, 2.24) is 14.7 Å². The largest absolute Gasteiger partial charge is 0.482 e. The number of methoxy groups -OCH3 is 1. The van der Waals surface area contributed by atoms with Crippen LogP contribution in [-0.2, 0) is 0 Å². The molecule has 4 heteroatoms. The van der Waals surface area contributed by atoms with Crippen molar-refractivity contribution >= 4 is 5.65 Å². The molecule has 0 aromatic carbocycles. The van der Waals surface area contributed by atoms with Gasteiger partial charge in [0.25, 0.3) is 0 Å². The minimum absolute atomic E-state index is 0.407. The maximum atomic E-state index is 5.31. The van der Waals surface area contributed by atoms with Crippen LogP contribution in [0.5, 0.6) is 5.88 Å². The maximum absolute atomic E-state index is 5.31. The van der Waals surface area contributed by atoms with Crippen LogP contribution in [0.15, 0.2) is 24.4 Å². The SMILES string of the molecule is COc1cccc2nc(C3CCCN3)cn12. The van der Waals surface area contributed by atoms with Gasteiger partial charge < -0.3 is 10.1 Å². The van der Waals surface area contributed by atoms with E-state index < -0.39 is 0 Å². The number of hydrogen-bond donors (Lipinski definition) is 1. The highest BCUT2D eigenvalue weighted by molar-refractivity contribution is 5.44. The molecule has 0 aliphatic carbocycles. The van der Waals surface area contributed by atoms with Crippen LogP contribution in [0.2, 0.25) is 0 Å². The van der Waals surface area contributed by atoms with Crippen molar-refractivity contribution in [3.8, 4) is 5.88 Å². The van der Waals surface area contributed by atoms with Crippen molar-refractivity contribution in [2.75, 3.05) is 13.7 Å². The second kappa shape index (κ2) is 3.79. The number of fused-ring (bicyclic) bond motifs is 1. The van der Waals surface area contributed by atoms with Crippen LogP contribution in [-0.4, -0.2) is 23.0 Å². The van der Waals surface area contributed by atoms with Crippen LogP contribution in [0, 0.1) is 0 Å². The first kappa shape index (κ1) is 9.66. The molecule has 1 aliphatic heterocycles. The van der Waals surface area contributed by atoms with E-state index in [0.717, 1.165) is 23.8 Å². The van der Waals surface area contributed by atoms with Gasteiger partial charge in [0, 0.05) is 6.20 Å². The fourth-order valence-electron chi connectivity index (χ4n) is 2.28. The second-order valence-electron chi connectivity index (χ2n) is 4.11. The van der Waals surface area contributed by atoms with E-state index in [9.17, 15) is 0 Å². The van der Waals surface area contributed by atoms with Crippen molar-refractivity contribution in [2.45, 2.75) is 18.9 Å². The number of imidazole rings is 1. The summed E-state index contributed by atoms with van der Waals surface area (Å²) >= 11 is 0. The first-order chi connectivity index (χ1) is 7.88. The highest BCUT2D eigenvalue weighted by Crippen LogP contribution is 2.24. The molecule has 2 aromatic heterocycles. The molecule has 16 heavy (non-hydrogen) atoms. The molecule has 2 aromatic rings. The van der Waals surface area contributed by atoms with Crippen LogP contribution in [0.3, 0.4) is 0 Å². The summed E-state index contributed by atoms with van der Waals surface area (Å²) in [7, 11) is 1.68. The zero-order valence-corrected chi connectivity index (χ0v) is 9.31. The monoisotopic (exact) mass is 217 g/mol. The Morgan fingerprint density at radius 1 is 1.50 bits per heavy atom. The molecule has 1 atom stereocenters. The van der Waals surface area contributed by atoms with Crippen molar-refractivity contribution in [2.24, 2.45) is 0 Å². The van der Waals surface area contributed by atoms with Gasteiger partial charge in [0.15, 0.2) is 5.88 Å². The zero-order chi connectivity index (χ0) is 11.0. The average Bonchev–Trinajstić information content (AvgIpc) is 2.96. The van der Waals surface area contributed by atoms with Crippen molar-refractivity contribution in [3.05, 3.63) is 30.1 Å². The lowest BCUT2D eigenvalue weighted by atomic mass is 10.2. The van der Waals surface area contributed by atoms with Gasteiger partial charge in [-0.25, -0.2) is 4.98 Å². The Morgan fingerprint density at radius 3 is 3.19 bits per heavy atom. The molecule has 4 nitrogen and oxygen atoms in total. The summed E-state index contributed by atoms with van der Waals surface area (Å²) in [5.74, 6) is 0.828. The molecular weight excluding hydrogens is 202 g/mol. The smallest absolute Gasteiger partial charge is 0.198 e. The molecule has 0 amide bonds. The average molecular weight is 217 g/mol. The highest BCUT2D eigenvalue weighted by atomic mass is 16.5. The standard InChI is InChI=1S/C12H15N3O/c1-16-12-6-2-5-11-14-10(8-15(11)12)9-4-3-7-13-9/h2,5-6,8-9,13H,3-4,7H2,1H3. The number of hydrogen-bond acceptors (Lipinski definition) is 3. The first-order valence-corrected chi connectivity index (χ1v) is 5.64. The lowest BCUT2D eigenvalue weighted by Gasteiger charge is -2.04. The van der Waals surface area contributed by atoms with E-state index in [2.05, 4.69) is 16.5 Å². The summed E-state index contributed by atoms with van der Waals surface area (Å²) in [5.41, 5.74) is 2.06. The van der Waals surface area contributed by atoms with Gasteiger partial charge >= 0.3 is 0 Å². The summed E-state index contributed by atoms with van der Waals surface area (Å²) < 4.78 is 7.30. The quantitative estimate of drug-likeness (QED) is 0.833. The summed E-state index contributed by atoms with van der Waals surface area (Å²) in [6.07, 6.45) is 4.47. The zero-order valence-electron chi connectivity index (χ0n) is 9.31. The molecule has 1 unspecified atom stereocenters. The molecule has 1 fully saturated rings. The summed E-state index contributed by atoms with van der Waals surface area (Å²) in [6, 6.07) is 6.32. The molecule has 0 radical (unpaired) electrons. The van der Waals surface area contributed by atoms with E-state index in [-0.39, 0.29) is 0 Å². The van der Waals surface area contributed by atoms with Crippen molar-refractivity contribution < 1.29 is 4.74 Å². The molecule has 1 N–H and O–H groups in total. The third-order valence-electron chi connectivity index (χ3n) is 3.10. The Morgan fingerprint density at radius 2 is 2.44 bits per heavy atom. The van der Waals surface area contributed by atoms with E-state index in [4.69, 9.17) is 4.74 Å². The first-order valence-electron chi connectivity index (χ1n) is 5.64. The van der Waals surface area contributed by atoms with Gasteiger partial charge in [0.1, 0.15) is 5.65 Å². The van der Waals surface area contributed by atoms with E-state index >= 15 is 0 Å². The summed E-state index contributed by atoms with van der Waals surface area (Å²) in [5, 5.41) is 3.45. The van der Waals surface area contributed by atoms with E-state index in [1.807, 2.05) is 22.6 Å².